The number of nitrogens with one attached hydrogen (secondary N) is 1. The average Bonchev–Trinajstić information content (AvgIpc) is 3.10. The Bertz CT molecular complexity index is 238. The van der Waals surface area contributed by atoms with Gasteiger partial charge in [0.05, 0.1) is 0 Å². The molecule has 0 radical (unpaired) electrons. The normalized spacial score (nSPS) is 13.0. The van der Waals surface area contributed by atoms with Gasteiger partial charge in [0.25, 0.3) is 0 Å². The first-order chi connectivity index (χ1) is 7.22. The fraction of sp³-hybridized carbons (Fsp3) is 0.385. The monoisotopic (exact) mass is 210 g/mol. The maximum Gasteiger partial charge on any atom is 0.0211 e. The summed E-state index contributed by atoms with van der Waals surface area (Å²) in [4.78, 5) is 0. The van der Waals surface area contributed by atoms with Crippen molar-refractivity contribution >= 4 is 0 Å². The van der Waals surface area contributed by atoms with Gasteiger partial charge in [0.2, 0.25) is 0 Å². The van der Waals surface area contributed by atoms with Gasteiger partial charge in [-0.15, -0.1) is 13.2 Å². The Morgan fingerprint density at radius 2 is 1.47 bits per heavy atom. The van der Waals surface area contributed by atoms with Crippen LogP contribution in [-0.2, 0) is 0 Å². The Morgan fingerprint density at radius 3 is 1.60 bits per heavy atom. The van der Waals surface area contributed by atoms with Gasteiger partial charge in [-0.3, -0.25) is 11.3 Å². The van der Waals surface area contributed by atoms with Gasteiger partial charge >= 0.3 is 0 Å². The second-order valence-electron chi connectivity index (χ2n) is 3.60. The molecule has 1 fully saturated rings. The van der Waals surface area contributed by atoms with Crippen molar-refractivity contribution in [2.24, 2.45) is 5.84 Å². The molecule has 0 aromatic heterocycles. The highest BCUT2D eigenvalue weighted by Gasteiger charge is 2.17. The number of rotatable bonds is 1. The van der Waals surface area contributed by atoms with E-state index in [9.17, 15) is 0 Å². The number of nitrogens with two attached hydrogens (primary N) is 1. The lowest BCUT2D eigenvalue weighted by molar-refractivity contribution is 0.735. The molecule has 1 saturated carbocycles. The first kappa shape index (κ1) is 13.9. The molecule has 3 N–H and O–H groups in total. The number of hydrazine groups is 1. The van der Waals surface area contributed by atoms with Crippen LogP contribution >= 0.6 is 0 Å². The predicted octanol–water partition coefficient (Wildman–Crippen LogP) is 3.21. The SMILES string of the molecule is C=C.Cc1ccc(C)cc1.NNC1CC1.[HH].[HH]. The molecule has 1 aliphatic rings. The third-order valence-electron chi connectivity index (χ3n) is 2.03. The second-order valence-corrected chi connectivity index (χ2v) is 3.60. The van der Waals surface area contributed by atoms with E-state index in [4.69, 9.17) is 5.84 Å². The van der Waals surface area contributed by atoms with Gasteiger partial charge in [-0.2, -0.15) is 0 Å². The molecule has 2 rings (SSSR count). The van der Waals surface area contributed by atoms with E-state index < -0.39 is 0 Å². The van der Waals surface area contributed by atoms with Gasteiger partial charge in [-0.05, 0) is 26.7 Å². The lowest BCUT2D eigenvalue weighted by Crippen LogP contribution is -2.23. The standard InChI is InChI=1S/C8H10.C3H8N2.C2H4.2H2/c1-7-3-5-8(2)6-4-7;4-5-3-1-2-3;1-2;;/h3-6H,1-2H3;3,5H,1-2,4H2;1-2H2;2*1H. The summed E-state index contributed by atoms with van der Waals surface area (Å²) < 4.78 is 0. The second kappa shape index (κ2) is 8.21. The highest BCUT2D eigenvalue weighted by molar-refractivity contribution is 5.19. The van der Waals surface area contributed by atoms with Gasteiger partial charge < -0.3 is 0 Å². The molecule has 1 aromatic rings. The highest BCUT2D eigenvalue weighted by Crippen LogP contribution is 2.16. The fourth-order valence-corrected chi connectivity index (χ4v) is 0.887. The van der Waals surface area contributed by atoms with Crippen molar-refractivity contribution in [1.29, 1.82) is 0 Å². The van der Waals surface area contributed by atoms with Crippen LogP contribution in [0, 0.1) is 13.8 Å². The molecule has 0 spiro atoms. The van der Waals surface area contributed by atoms with Crippen LogP contribution in [0.1, 0.15) is 26.8 Å². The zero-order valence-corrected chi connectivity index (χ0v) is 9.79. The summed E-state index contributed by atoms with van der Waals surface area (Å²) in [5, 5.41) is 0. The minimum absolute atomic E-state index is 0. The number of hydrogen-bond acceptors (Lipinski definition) is 2. The smallest absolute Gasteiger partial charge is 0.0211 e. The first-order valence-electron chi connectivity index (χ1n) is 5.22. The molecule has 0 bridgehead atoms. The van der Waals surface area contributed by atoms with Crippen molar-refractivity contribution in [3.05, 3.63) is 48.6 Å². The molecule has 88 valence electrons. The summed E-state index contributed by atoms with van der Waals surface area (Å²) in [5.74, 6) is 4.98. The number of benzene rings is 1. The van der Waals surface area contributed by atoms with Gasteiger partial charge in [-0.25, -0.2) is 0 Å². The third kappa shape index (κ3) is 7.91. The minimum Gasteiger partial charge on any atom is -0.271 e. The van der Waals surface area contributed by atoms with Crippen LogP contribution in [0.2, 0.25) is 0 Å². The maximum atomic E-state index is 4.98. The number of hydrogen-bond donors (Lipinski definition) is 2. The van der Waals surface area contributed by atoms with Crippen molar-refractivity contribution in [2.45, 2.75) is 32.7 Å². The minimum atomic E-state index is 0. The van der Waals surface area contributed by atoms with Gasteiger partial charge in [0, 0.05) is 8.90 Å². The summed E-state index contributed by atoms with van der Waals surface area (Å²) in [7, 11) is 0. The van der Waals surface area contributed by atoms with Crippen LogP contribution < -0.4 is 11.3 Å². The van der Waals surface area contributed by atoms with Crippen LogP contribution in [-0.4, -0.2) is 6.04 Å². The predicted molar refractivity (Wildman–Crippen MR) is 71.7 cm³/mol. The molecule has 15 heavy (non-hydrogen) atoms. The average molecular weight is 210 g/mol. The Labute approximate surface area is 96.1 Å². The fourth-order valence-electron chi connectivity index (χ4n) is 0.887. The van der Waals surface area contributed by atoms with E-state index in [1.165, 1.54) is 24.0 Å². The molecule has 2 nitrogen and oxygen atoms in total. The Kier molecular flexibility index (Phi) is 7.60. The molecule has 0 aliphatic heterocycles. The van der Waals surface area contributed by atoms with Gasteiger partial charge in [-0.1, -0.05) is 35.4 Å². The molecular formula is C13H26N2. The first-order valence-corrected chi connectivity index (χ1v) is 5.22. The quantitative estimate of drug-likeness (QED) is 0.424. The van der Waals surface area contributed by atoms with Crippen molar-refractivity contribution in [3.63, 3.8) is 0 Å². The van der Waals surface area contributed by atoms with Gasteiger partial charge in [0.1, 0.15) is 0 Å². The van der Waals surface area contributed by atoms with E-state index in [0.717, 1.165) is 0 Å². The van der Waals surface area contributed by atoms with Crippen molar-refractivity contribution in [1.82, 2.24) is 5.43 Å². The van der Waals surface area contributed by atoms with Gasteiger partial charge in [0.15, 0.2) is 0 Å². The highest BCUT2D eigenvalue weighted by atomic mass is 15.2. The summed E-state index contributed by atoms with van der Waals surface area (Å²) >= 11 is 0. The summed E-state index contributed by atoms with van der Waals surface area (Å²) in [6.07, 6.45) is 2.55. The van der Waals surface area contributed by atoms with E-state index in [2.05, 4.69) is 56.7 Å². The van der Waals surface area contributed by atoms with Crippen LogP contribution in [0.3, 0.4) is 0 Å². The van der Waals surface area contributed by atoms with E-state index in [1.54, 1.807) is 0 Å². The van der Waals surface area contributed by atoms with Crippen LogP contribution in [0.25, 0.3) is 0 Å². The largest absolute Gasteiger partial charge is 0.271 e. The van der Waals surface area contributed by atoms with E-state index in [1.807, 2.05) is 0 Å². The Balaban J connectivity index is -0.000000192. The zero-order valence-electron chi connectivity index (χ0n) is 9.79. The summed E-state index contributed by atoms with van der Waals surface area (Å²) in [6.45, 7) is 10.2. The molecule has 0 unspecified atom stereocenters. The molecule has 1 aliphatic carbocycles. The number of aryl methyl sites for hydroxylation is 2. The van der Waals surface area contributed by atoms with Crippen molar-refractivity contribution in [3.8, 4) is 0 Å². The molecule has 0 atom stereocenters. The van der Waals surface area contributed by atoms with Crippen LogP contribution in [0.5, 0.6) is 0 Å². The van der Waals surface area contributed by atoms with Crippen LogP contribution in [0.15, 0.2) is 37.4 Å². The molecule has 0 amide bonds. The van der Waals surface area contributed by atoms with Crippen molar-refractivity contribution in [2.75, 3.05) is 0 Å². The third-order valence-corrected chi connectivity index (χ3v) is 2.03. The lowest BCUT2D eigenvalue weighted by Gasteiger charge is -1.90. The van der Waals surface area contributed by atoms with E-state index in [-0.39, 0.29) is 2.85 Å². The molecule has 2 heteroatoms. The Morgan fingerprint density at radius 1 is 1.13 bits per heavy atom. The van der Waals surface area contributed by atoms with Crippen LogP contribution in [0.4, 0.5) is 0 Å². The molecule has 0 heterocycles. The topological polar surface area (TPSA) is 38.0 Å². The zero-order chi connectivity index (χ0) is 11.7. The summed E-state index contributed by atoms with van der Waals surface area (Å²) in [5.41, 5.74) is 5.30. The Hall–Kier alpha value is -1.12. The van der Waals surface area contributed by atoms with E-state index in [0.29, 0.717) is 6.04 Å². The maximum absolute atomic E-state index is 4.98. The molecular weight excluding hydrogens is 184 g/mol. The summed E-state index contributed by atoms with van der Waals surface area (Å²) in [6, 6.07) is 9.14. The lowest BCUT2D eigenvalue weighted by atomic mass is 10.2. The van der Waals surface area contributed by atoms with E-state index >= 15 is 0 Å². The molecule has 1 aromatic carbocycles. The molecule has 0 saturated heterocycles. The van der Waals surface area contributed by atoms with Crippen molar-refractivity contribution < 1.29 is 2.85 Å².